The lowest BCUT2D eigenvalue weighted by Gasteiger charge is -2.13. The zero-order valence-corrected chi connectivity index (χ0v) is 14.8. The van der Waals surface area contributed by atoms with Gasteiger partial charge in [0.05, 0.1) is 18.5 Å². The van der Waals surface area contributed by atoms with E-state index in [0.717, 1.165) is 35.4 Å². The van der Waals surface area contributed by atoms with E-state index in [4.69, 9.17) is 4.74 Å². The van der Waals surface area contributed by atoms with Gasteiger partial charge in [-0.3, -0.25) is 5.10 Å². The summed E-state index contributed by atoms with van der Waals surface area (Å²) in [6.45, 7) is 4.55. The highest BCUT2D eigenvalue weighted by Gasteiger charge is 2.11. The monoisotopic (exact) mass is 331 g/mol. The number of nitrogens with zero attached hydrogens (tertiary/aromatic N) is 4. The molecule has 2 aromatic heterocycles. The number of rotatable bonds is 10. The quantitative estimate of drug-likeness (QED) is 0.678. The summed E-state index contributed by atoms with van der Waals surface area (Å²) in [5.74, 6) is 0.831. The molecule has 1 fully saturated rings. The SMILES string of the molecule is COCCc1ncc2n[nH]c(CCCCCCN3CCCC3)c2n1. The van der Waals surface area contributed by atoms with Gasteiger partial charge in [-0.15, -0.1) is 0 Å². The van der Waals surface area contributed by atoms with Gasteiger partial charge in [0.25, 0.3) is 0 Å². The molecule has 132 valence electrons. The number of H-pyrrole nitrogens is 1. The highest BCUT2D eigenvalue weighted by atomic mass is 16.5. The molecule has 3 rings (SSSR count). The maximum absolute atomic E-state index is 5.10. The van der Waals surface area contributed by atoms with Crippen LogP contribution in [0.15, 0.2) is 6.20 Å². The van der Waals surface area contributed by atoms with Crippen molar-refractivity contribution in [1.82, 2.24) is 25.1 Å². The molecule has 6 nitrogen and oxygen atoms in total. The first-order chi connectivity index (χ1) is 11.9. The molecule has 1 aliphatic heterocycles. The number of aromatic amines is 1. The van der Waals surface area contributed by atoms with E-state index in [2.05, 4.69) is 25.1 Å². The third-order valence-corrected chi connectivity index (χ3v) is 4.80. The zero-order chi connectivity index (χ0) is 16.6. The second-order valence-electron chi connectivity index (χ2n) is 6.68. The van der Waals surface area contributed by atoms with E-state index in [1.807, 2.05) is 6.20 Å². The van der Waals surface area contributed by atoms with E-state index in [1.165, 1.54) is 58.2 Å². The first-order valence-corrected chi connectivity index (χ1v) is 9.27. The average molecular weight is 331 g/mol. The largest absolute Gasteiger partial charge is 0.384 e. The number of aryl methyl sites for hydroxylation is 1. The van der Waals surface area contributed by atoms with Gasteiger partial charge in [-0.05, 0) is 51.7 Å². The summed E-state index contributed by atoms with van der Waals surface area (Å²) in [5.41, 5.74) is 2.99. The van der Waals surface area contributed by atoms with Gasteiger partial charge in [0, 0.05) is 13.5 Å². The van der Waals surface area contributed by atoms with Gasteiger partial charge in [-0.2, -0.15) is 5.10 Å². The lowest BCUT2D eigenvalue weighted by molar-refractivity contribution is 0.200. The summed E-state index contributed by atoms with van der Waals surface area (Å²) >= 11 is 0. The zero-order valence-electron chi connectivity index (χ0n) is 14.8. The Balaban J connectivity index is 1.42. The maximum atomic E-state index is 5.10. The van der Waals surface area contributed by atoms with Crippen LogP contribution in [-0.4, -0.2) is 58.4 Å². The normalized spacial score (nSPS) is 15.5. The van der Waals surface area contributed by atoms with Crippen LogP contribution in [-0.2, 0) is 17.6 Å². The molecule has 0 unspecified atom stereocenters. The Bertz CT molecular complexity index is 621. The average Bonchev–Trinajstić information content (AvgIpc) is 3.26. The highest BCUT2D eigenvalue weighted by molar-refractivity contribution is 5.75. The number of ether oxygens (including phenoxy) is 1. The smallest absolute Gasteiger partial charge is 0.131 e. The first kappa shape index (κ1) is 17.3. The number of nitrogens with one attached hydrogen (secondary N) is 1. The third kappa shape index (κ3) is 4.74. The van der Waals surface area contributed by atoms with Crippen molar-refractivity contribution in [2.45, 2.75) is 51.4 Å². The van der Waals surface area contributed by atoms with Crippen LogP contribution in [0, 0.1) is 0 Å². The lowest BCUT2D eigenvalue weighted by atomic mass is 10.1. The number of aromatic nitrogens is 4. The Kier molecular flexibility index (Phi) is 6.55. The molecule has 0 bridgehead atoms. The maximum Gasteiger partial charge on any atom is 0.131 e. The van der Waals surface area contributed by atoms with Crippen LogP contribution >= 0.6 is 0 Å². The minimum absolute atomic E-state index is 0.649. The fourth-order valence-corrected chi connectivity index (χ4v) is 3.38. The number of fused-ring (bicyclic) bond motifs is 1. The first-order valence-electron chi connectivity index (χ1n) is 9.27. The molecular weight excluding hydrogens is 302 g/mol. The summed E-state index contributed by atoms with van der Waals surface area (Å²) in [6.07, 6.45) is 11.5. The van der Waals surface area contributed by atoms with E-state index in [9.17, 15) is 0 Å². The van der Waals surface area contributed by atoms with Gasteiger partial charge in [-0.1, -0.05) is 12.8 Å². The van der Waals surface area contributed by atoms with Crippen LogP contribution in [0.1, 0.15) is 50.0 Å². The highest BCUT2D eigenvalue weighted by Crippen LogP contribution is 2.16. The van der Waals surface area contributed by atoms with Crippen LogP contribution in [0.5, 0.6) is 0 Å². The molecule has 0 amide bonds. The molecule has 2 aromatic rings. The van der Waals surface area contributed by atoms with Crippen molar-refractivity contribution in [3.05, 3.63) is 17.7 Å². The number of methoxy groups -OCH3 is 1. The summed E-state index contributed by atoms with van der Waals surface area (Å²) < 4.78 is 5.10. The second kappa shape index (κ2) is 9.08. The minimum Gasteiger partial charge on any atom is -0.384 e. The van der Waals surface area contributed by atoms with Gasteiger partial charge in [0.1, 0.15) is 16.9 Å². The van der Waals surface area contributed by atoms with Crippen LogP contribution in [0.2, 0.25) is 0 Å². The van der Waals surface area contributed by atoms with Crippen molar-refractivity contribution in [3.8, 4) is 0 Å². The van der Waals surface area contributed by atoms with Crippen LogP contribution in [0.25, 0.3) is 11.0 Å². The lowest BCUT2D eigenvalue weighted by Crippen LogP contribution is -2.20. The molecule has 0 aromatic carbocycles. The molecule has 0 aliphatic carbocycles. The summed E-state index contributed by atoms with van der Waals surface area (Å²) in [4.78, 5) is 11.6. The molecule has 0 radical (unpaired) electrons. The molecule has 0 atom stereocenters. The van der Waals surface area contributed by atoms with Gasteiger partial charge in [0.15, 0.2) is 0 Å². The van der Waals surface area contributed by atoms with E-state index < -0.39 is 0 Å². The van der Waals surface area contributed by atoms with E-state index in [0.29, 0.717) is 6.61 Å². The molecule has 1 aliphatic rings. The Morgan fingerprint density at radius 3 is 2.79 bits per heavy atom. The summed E-state index contributed by atoms with van der Waals surface area (Å²) in [6, 6.07) is 0. The van der Waals surface area contributed by atoms with Gasteiger partial charge in [0.2, 0.25) is 0 Å². The molecule has 1 saturated heterocycles. The number of likely N-dealkylation sites (tertiary alicyclic amines) is 1. The van der Waals surface area contributed by atoms with Crippen molar-refractivity contribution in [2.24, 2.45) is 0 Å². The van der Waals surface area contributed by atoms with Crippen molar-refractivity contribution in [3.63, 3.8) is 0 Å². The van der Waals surface area contributed by atoms with Gasteiger partial charge in [-0.25, -0.2) is 9.97 Å². The van der Waals surface area contributed by atoms with Crippen LogP contribution in [0.4, 0.5) is 0 Å². The molecular formula is C18H29N5O. The minimum atomic E-state index is 0.649. The van der Waals surface area contributed by atoms with Gasteiger partial charge < -0.3 is 9.64 Å². The number of unbranched alkanes of at least 4 members (excludes halogenated alkanes) is 3. The van der Waals surface area contributed by atoms with Crippen LogP contribution in [0.3, 0.4) is 0 Å². The fraction of sp³-hybridized carbons (Fsp3) is 0.722. The Hall–Kier alpha value is -1.53. The number of hydrogen-bond donors (Lipinski definition) is 1. The predicted molar refractivity (Wildman–Crippen MR) is 95.1 cm³/mol. The van der Waals surface area contributed by atoms with Crippen molar-refractivity contribution >= 4 is 11.0 Å². The molecule has 0 saturated carbocycles. The number of hydrogen-bond acceptors (Lipinski definition) is 5. The van der Waals surface area contributed by atoms with Crippen LogP contribution < -0.4 is 0 Å². The standard InChI is InChI=1S/C18H29N5O/c1-24-13-9-17-19-14-16-18(20-17)15(21-22-16)8-4-2-3-5-10-23-11-6-7-12-23/h14H,2-13H2,1H3,(H,21,22). The molecule has 3 heterocycles. The fourth-order valence-electron chi connectivity index (χ4n) is 3.38. The molecule has 6 heteroatoms. The topological polar surface area (TPSA) is 66.9 Å². The van der Waals surface area contributed by atoms with Crippen molar-refractivity contribution in [1.29, 1.82) is 0 Å². The van der Waals surface area contributed by atoms with E-state index in [1.54, 1.807) is 7.11 Å². The Labute approximate surface area is 144 Å². The predicted octanol–water partition coefficient (Wildman–Crippen LogP) is 2.74. The molecule has 1 N–H and O–H groups in total. The summed E-state index contributed by atoms with van der Waals surface area (Å²) in [5, 5.41) is 7.46. The molecule has 24 heavy (non-hydrogen) atoms. The second-order valence-corrected chi connectivity index (χ2v) is 6.68. The Morgan fingerprint density at radius 2 is 1.96 bits per heavy atom. The van der Waals surface area contributed by atoms with E-state index >= 15 is 0 Å². The molecule has 0 spiro atoms. The van der Waals surface area contributed by atoms with E-state index in [-0.39, 0.29) is 0 Å². The van der Waals surface area contributed by atoms with Crippen molar-refractivity contribution < 1.29 is 4.74 Å². The summed E-state index contributed by atoms with van der Waals surface area (Å²) in [7, 11) is 1.70. The Morgan fingerprint density at radius 1 is 1.12 bits per heavy atom. The van der Waals surface area contributed by atoms with Crippen molar-refractivity contribution in [2.75, 3.05) is 33.4 Å². The third-order valence-electron chi connectivity index (χ3n) is 4.80. The van der Waals surface area contributed by atoms with Gasteiger partial charge >= 0.3 is 0 Å².